The van der Waals surface area contributed by atoms with E-state index in [1.165, 1.54) is 12.1 Å². The monoisotopic (exact) mass is 332 g/mol. The van der Waals surface area contributed by atoms with Crippen molar-refractivity contribution in [3.63, 3.8) is 0 Å². The van der Waals surface area contributed by atoms with Crippen molar-refractivity contribution < 1.29 is 9.18 Å². The van der Waals surface area contributed by atoms with Crippen LogP contribution in [0.1, 0.15) is 13.3 Å². The average Bonchev–Trinajstić information content (AvgIpc) is 2.93. The summed E-state index contributed by atoms with van der Waals surface area (Å²) < 4.78 is 13.1. The van der Waals surface area contributed by atoms with Gasteiger partial charge in [-0.1, -0.05) is 12.1 Å². The molecule has 1 aromatic carbocycles. The summed E-state index contributed by atoms with van der Waals surface area (Å²) in [5.41, 5.74) is 1.95. The number of rotatable bonds is 5. The second kappa shape index (κ2) is 6.54. The van der Waals surface area contributed by atoms with E-state index in [4.69, 9.17) is 0 Å². The number of carbonyl (C=O) groups is 1. The third kappa shape index (κ3) is 3.18. The summed E-state index contributed by atoms with van der Waals surface area (Å²) in [6, 6.07) is 6.41. The number of Topliss-reactive ketones (excluding diaryl/α,β-unsaturated/α-hetero) is 1. The Labute approximate surface area is 135 Å². The highest BCUT2D eigenvalue weighted by Gasteiger charge is 2.13. The lowest BCUT2D eigenvalue weighted by atomic mass is 10.1. The van der Waals surface area contributed by atoms with Crippen molar-refractivity contribution in [2.75, 3.05) is 5.75 Å². The molecule has 0 saturated carbocycles. The molecule has 2 heterocycles. The molecule has 0 amide bonds. The lowest BCUT2D eigenvalue weighted by Crippen LogP contribution is -1.93. The van der Waals surface area contributed by atoms with E-state index in [0.29, 0.717) is 12.2 Å². The maximum Gasteiger partial charge on any atom is 0.130 e. The first-order chi connectivity index (χ1) is 10.6. The van der Waals surface area contributed by atoms with Crippen LogP contribution < -0.4 is 0 Å². The number of hydrogen-bond acceptors (Lipinski definition) is 5. The van der Waals surface area contributed by atoms with E-state index in [0.717, 1.165) is 26.4 Å². The molecule has 22 heavy (non-hydrogen) atoms. The van der Waals surface area contributed by atoms with Crippen LogP contribution in [0.5, 0.6) is 0 Å². The third-order valence-electron chi connectivity index (χ3n) is 3.18. The Morgan fingerprint density at radius 2 is 2.05 bits per heavy atom. The van der Waals surface area contributed by atoms with E-state index in [1.54, 1.807) is 48.5 Å². The lowest BCUT2D eigenvalue weighted by molar-refractivity contribution is -0.116. The van der Waals surface area contributed by atoms with Gasteiger partial charge in [-0.2, -0.15) is 0 Å². The zero-order valence-corrected chi connectivity index (χ0v) is 13.5. The van der Waals surface area contributed by atoms with E-state index in [-0.39, 0.29) is 11.6 Å². The standard InChI is InChI=1S/C16H13FN2OS2/c1-10(20)6-7-21-15-14-13(8-22-16(14)19-9-18-15)11-2-4-12(17)5-3-11/h2-5,8-9H,6-7H2,1H3. The molecule has 0 spiro atoms. The van der Waals surface area contributed by atoms with Gasteiger partial charge >= 0.3 is 0 Å². The predicted molar refractivity (Wildman–Crippen MR) is 88.8 cm³/mol. The zero-order chi connectivity index (χ0) is 15.5. The van der Waals surface area contributed by atoms with E-state index >= 15 is 0 Å². The minimum atomic E-state index is -0.254. The first-order valence-corrected chi connectivity index (χ1v) is 8.62. The zero-order valence-electron chi connectivity index (χ0n) is 11.9. The SMILES string of the molecule is CC(=O)CCSc1ncnc2scc(-c3ccc(F)cc3)c12. The Morgan fingerprint density at radius 1 is 1.27 bits per heavy atom. The van der Waals surface area contributed by atoms with E-state index in [2.05, 4.69) is 9.97 Å². The van der Waals surface area contributed by atoms with Crippen molar-refractivity contribution in [3.05, 3.63) is 41.8 Å². The summed E-state index contributed by atoms with van der Waals surface area (Å²) in [4.78, 5) is 20.6. The molecule has 0 aliphatic heterocycles. The highest BCUT2D eigenvalue weighted by atomic mass is 32.2. The lowest BCUT2D eigenvalue weighted by Gasteiger charge is -2.04. The van der Waals surface area contributed by atoms with Crippen LogP contribution >= 0.6 is 23.1 Å². The summed E-state index contributed by atoms with van der Waals surface area (Å²) in [7, 11) is 0. The van der Waals surface area contributed by atoms with Crippen LogP contribution in [0, 0.1) is 5.82 Å². The predicted octanol–water partition coefficient (Wildman–Crippen LogP) is 4.57. The van der Waals surface area contributed by atoms with Crippen LogP contribution in [0.3, 0.4) is 0 Å². The molecule has 0 atom stereocenters. The maximum atomic E-state index is 13.1. The summed E-state index contributed by atoms with van der Waals surface area (Å²) in [5, 5.41) is 3.86. The number of nitrogens with zero attached hydrogens (tertiary/aromatic N) is 2. The van der Waals surface area contributed by atoms with Crippen molar-refractivity contribution in [2.24, 2.45) is 0 Å². The number of fused-ring (bicyclic) bond motifs is 1. The van der Waals surface area contributed by atoms with Crippen LogP contribution in [-0.2, 0) is 4.79 Å². The van der Waals surface area contributed by atoms with E-state index < -0.39 is 0 Å². The Kier molecular flexibility index (Phi) is 4.49. The summed E-state index contributed by atoms with van der Waals surface area (Å²) in [6.07, 6.45) is 2.07. The van der Waals surface area contributed by atoms with Crippen molar-refractivity contribution >= 4 is 39.1 Å². The van der Waals surface area contributed by atoms with Gasteiger partial charge in [-0.05, 0) is 24.6 Å². The normalized spacial score (nSPS) is 11.0. The van der Waals surface area contributed by atoms with Gasteiger partial charge in [0.1, 0.15) is 27.8 Å². The first kappa shape index (κ1) is 15.1. The summed E-state index contributed by atoms with van der Waals surface area (Å²) in [6.45, 7) is 1.59. The quantitative estimate of drug-likeness (QED) is 0.507. The molecular weight excluding hydrogens is 319 g/mol. The molecule has 0 aliphatic carbocycles. The van der Waals surface area contributed by atoms with Gasteiger partial charge in [-0.3, -0.25) is 4.79 Å². The van der Waals surface area contributed by atoms with Gasteiger partial charge in [0, 0.05) is 23.1 Å². The number of carbonyl (C=O) groups excluding carboxylic acids is 1. The van der Waals surface area contributed by atoms with Crippen molar-refractivity contribution in [1.82, 2.24) is 9.97 Å². The maximum absolute atomic E-state index is 13.1. The number of thioether (sulfide) groups is 1. The fourth-order valence-corrected chi connectivity index (χ4v) is 4.13. The van der Waals surface area contributed by atoms with E-state index in [1.807, 2.05) is 5.38 Å². The summed E-state index contributed by atoms with van der Waals surface area (Å²) in [5.74, 6) is 0.609. The molecule has 112 valence electrons. The average molecular weight is 332 g/mol. The molecule has 0 bridgehead atoms. The van der Waals surface area contributed by atoms with Crippen molar-refractivity contribution in [3.8, 4) is 11.1 Å². The molecule has 0 fully saturated rings. The van der Waals surface area contributed by atoms with Gasteiger partial charge in [0.15, 0.2) is 0 Å². The number of thiophene rings is 1. The number of ketones is 1. The highest BCUT2D eigenvalue weighted by molar-refractivity contribution is 7.99. The number of hydrogen-bond donors (Lipinski definition) is 0. The smallest absolute Gasteiger partial charge is 0.130 e. The number of aromatic nitrogens is 2. The topological polar surface area (TPSA) is 42.9 Å². The Bertz CT molecular complexity index is 815. The second-order valence-electron chi connectivity index (χ2n) is 4.82. The second-order valence-corrected chi connectivity index (χ2v) is 6.76. The molecule has 0 radical (unpaired) electrons. The third-order valence-corrected chi connectivity index (χ3v) is 5.06. The number of halogens is 1. The van der Waals surface area contributed by atoms with Gasteiger partial charge in [-0.15, -0.1) is 23.1 Å². The fraction of sp³-hybridized carbons (Fsp3) is 0.188. The van der Waals surface area contributed by atoms with Crippen LogP contribution in [-0.4, -0.2) is 21.5 Å². The van der Waals surface area contributed by atoms with Crippen LogP contribution in [0.2, 0.25) is 0 Å². The Balaban J connectivity index is 2.00. The fourth-order valence-electron chi connectivity index (χ4n) is 2.09. The largest absolute Gasteiger partial charge is 0.300 e. The molecule has 3 rings (SSSR count). The summed E-state index contributed by atoms with van der Waals surface area (Å²) >= 11 is 3.10. The van der Waals surface area contributed by atoms with Crippen LogP contribution in [0.4, 0.5) is 4.39 Å². The van der Waals surface area contributed by atoms with Gasteiger partial charge < -0.3 is 0 Å². The molecule has 3 aromatic rings. The van der Waals surface area contributed by atoms with Crippen LogP contribution in [0.15, 0.2) is 41.0 Å². The molecule has 2 aromatic heterocycles. The Hall–Kier alpha value is -1.79. The van der Waals surface area contributed by atoms with Gasteiger partial charge in [0.05, 0.1) is 5.39 Å². The Morgan fingerprint density at radius 3 is 2.77 bits per heavy atom. The molecule has 6 heteroatoms. The highest BCUT2D eigenvalue weighted by Crippen LogP contribution is 2.37. The molecule has 0 N–H and O–H groups in total. The van der Waals surface area contributed by atoms with Gasteiger partial charge in [0.2, 0.25) is 0 Å². The van der Waals surface area contributed by atoms with Gasteiger partial charge in [-0.25, -0.2) is 14.4 Å². The minimum absolute atomic E-state index is 0.168. The molecular formula is C16H13FN2OS2. The van der Waals surface area contributed by atoms with Crippen molar-refractivity contribution in [2.45, 2.75) is 18.4 Å². The molecule has 3 nitrogen and oxygen atoms in total. The minimum Gasteiger partial charge on any atom is -0.300 e. The number of benzene rings is 1. The molecule has 0 aliphatic rings. The first-order valence-electron chi connectivity index (χ1n) is 6.75. The van der Waals surface area contributed by atoms with Gasteiger partial charge in [0.25, 0.3) is 0 Å². The van der Waals surface area contributed by atoms with Crippen LogP contribution in [0.25, 0.3) is 21.3 Å². The van der Waals surface area contributed by atoms with E-state index in [9.17, 15) is 9.18 Å². The molecule has 0 unspecified atom stereocenters. The van der Waals surface area contributed by atoms with Crippen molar-refractivity contribution in [1.29, 1.82) is 0 Å². The molecule has 0 saturated heterocycles.